The summed E-state index contributed by atoms with van der Waals surface area (Å²) in [7, 11) is 0. The molecule has 2 aromatic rings. The van der Waals surface area contributed by atoms with Gasteiger partial charge in [-0.1, -0.05) is 32.3 Å². The number of carbonyl (C=O) groups excluding carboxylic acids is 1. The summed E-state index contributed by atoms with van der Waals surface area (Å²) in [6, 6.07) is 8.28. The minimum absolute atomic E-state index is 0.0747. The Morgan fingerprint density at radius 3 is 2.80 bits per heavy atom. The van der Waals surface area contributed by atoms with E-state index in [1.807, 2.05) is 37.4 Å². The molecule has 0 saturated heterocycles. The smallest absolute Gasteiger partial charge is 0.253 e. The highest BCUT2D eigenvalue weighted by molar-refractivity contribution is 5.95. The van der Waals surface area contributed by atoms with E-state index in [0.717, 1.165) is 35.5 Å². The third-order valence-corrected chi connectivity index (χ3v) is 5.61. The van der Waals surface area contributed by atoms with Crippen molar-refractivity contribution in [1.29, 1.82) is 0 Å². The highest BCUT2D eigenvalue weighted by Crippen LogP contribution is 2.27. The fraction of sp³-hybridized carbons (Fsp3) is 0.524. The molecule has 1 aliphatic carbocycles. The number of hydrogen-bond acceptors (Lipinski definition) is 2. The summed E-state index contributed by atoms with van der Waals surface area (Å²) in [5, 5.41) is 3.31. The lowest BCUT2D eigenvalue weighted by molar-refractivity contribution is 0.0904. The number of aryl methyl sites for hydroxylation is 1. The molecule has 2 atom stereocenters. The molecule has 0 aliphatic heterocycles. The Hall–Kier alpha value is -2.10. The number of aromatic nitrogens is 2. The predicted molar refractivity (Wildman–Crippen MR) is 101 cm³/mol. The summed E-state index contributed by atoms with van der Waals surface area (Å²) in [5.41, 5.74) is 3.93. The number of nitrogens with one attached hydrogen (secondary N) is 1. The molecule has 2 aromatic heterocycles. The maximum absolute atomic E-state index is 12.9. The van der Waals surface area contributed by atoms with Gasteiger partial charge in [-0.15, -0.1) is 0 Å². The molecule has 4 nitrogen and oxygen atoms in total. The topological polar surface area (TPSA) is 46.9 Å². The number of amides is 1. The Kier molecular flexibility index (Phi) is 5.57. The number of hydrogen-bond donors (Lipinski definition) is 1. The fourth-order valence-electron chi connectivity index (χ4n) is 4.06. The van der Waals surface area contributed by atoms with Crippen molar-refractivity contribution in [3.05, 3.63) is 53.1 Å². The van der Waals surface area contributed by atoms with Crippen LogP contribution in [0, 0.1) is 19.8 Å². The number of pyridine rings is 1. The van der Waals surface area contributed by atoms with Gasteiger partial charge in [-0.05, 0) is 50.8 Å². The molecule has 2 heterocycles. The molecule has 0 bridgehead atoms. The minimum Gasteiger partial charge on any atom is -0.349 e. The first-order chi connectivity index (χ1) is 12.1. The first kappa shape index (κ1) is 17.7. The van der Waals surface area contributed by atoms with Crippen LogP contribution in [-0.2, 0) is 6.54 Å². The van der Waals surface area contributed by atoms with Crippen molar-refractivity contribution in [2.45, 2.75) is 65.5 Å². The van der Waals surface area contributed by atoms with Crippen LogP contribution < -0.4 is 5.32 Å². The first-order valence-electron chi connectivity index (χ1n) is 9.47. The van der Waals surface area contributed by atoms with Crippen LogP contribution in [0.3, 0.4) is 0 Å². The molecule has 134 valence electrons. The van der Waals surface area contributed by atoms with E-state index in [-0.39, 0.29) is 5.91 Å². The van der Waals surface area contributed by atoms with Gasteiger partial charge in [0.1, 0.15) is 0 Å². The van der Waals surface area contributed by atoms with Crippen molar-refractivity contribution in [3.63, 3.8) is 0 Å². The van der Waals surface area contributed by atoms with Crippen LogP contribution >= 0.6 is 0 Å². The molecule has 1 amide bonds. The van der Waals surface area contributed by atoms with Gasteiger partial charge in [0.25, 0.3) is 5.91 Å². The minimum atomic E-state index is 0.0747. The Labute approximate surface area is 150 Å². The average Bonchev–Trinajstić information content (AvgIpc) is 2.91. The van der Waals surface area contributed by atoms with Crippen LogP contribution in [0.2, 0.25) is 0 Å². The summed E-state index contributed by atoms with van der Waals surface area (Å²) in [6.45, 7) is 7.02. The van der Waals surface area contributed by atoms with E-state index in [9.17, 15) is 4.79 Å². The molecule has 25 heavy (non-hydrogen) atoms. The molecule has 0 aromatic carbocycles. The second-order valence-electron chi connectivity index (χ2n) is 7.22. The summed E-state index contributed by atoms with van der Waals surface area (Å²) in [6.07, 6.45) is 7.81. The van der Waals surface area contributed by atoms with Crippen LogP contribution in [0.5, 0.6) is 0 Å². The van der Waals surface area contributed by atoms with Gasteiger partial charge in [0.2, 0.25) is 0 Å². The van der Waals surface area contributed by atoms with Gasteiger partial charge in [-0.3, -0.25) is 9.78 Å². The maximum Gasteiger partial charge on any atom is 0.253 e. The van der Waals surface area contributed by atoms with Crippen LogP contribution in [0.25, 0.3) is 0 Å². The van der Waals surface area contributed by atoms with Gasteiger partial charge < -0.3 is 9.88 Å². The standard InChI is InChI=1S/C21H29N3O/c1-4-17-9-5-6-11-20(17)23-21(25)19-13-15(2)24(16(19)3)14-18-10-7-8-12-22-18/h7-8,10,12-13,17,20H,4-6,9,11,14H2,1-3H3,(H,23,25). The van der Waals surface area contributed by atoms with Crippen molar-refractivity contribution in [3.8, 4) is 0 Å². The molecule has 4 heteroatoms. The lowest BCUT2D eigenvalue weighted by atomic mass is 9.83. The van der Waals surface area contributed by atoms with E-state index in [1.165, 1.54) is 19.3 Å². The van der Waals surface area contributed by atoms with E-state index in [4.69, 9.17) is 0 Å². The van der Waals surface area contributed by atoms with Crippen LogP contribution in [0.15, 0.2) is 30.5 Å². The molecule has 1 N–H and O–H groups in total. The summed E-state index contributed by atoms with van der Waals surface area (Å²) in [4.78, 5) is 17.3. The zero-order chi connectivity index (χ0) is 17.8. The monoisotopic (exact) mass is 339 g/mol. The second-order valence-corrected chi connectivity index (χ2v) is 7.22. The Balaban J connectivity index is 1.76. The normalized spacial score (nSPS) is 20.4. The number of carbonyl (C=O) groups is 1. The molecule has 1 saturated carbocycles. The zero-order valence-electron chi connectivity index (χ0n) is 15.6. The van der Waals surface area contributed by atoms with E-state index in [2.05, 4.69) is 28.7 Å². The quantitative estimate of drug-likeness (QED) is 0.885. The van der Waals surface area contributed by atoms with E-state index in [0.29, 0.717) is 18.5 Å². The van der Waals surface area contributed by atoms with Gasteiger partial charge in [0.05, 0.1) is 17.8 Å². The van der Waals surface area contributed by atoms with Crippen LogP contribution in [-0.4, -0.2) is 21.5 Å². The molecular weight excluding hydrogens is 310 g/mol. The van der Waals surface area contributed by atoms with Gasteiger partial charge in [0.15, 0.2) is 0 Å². The molecular formula is C21H29N3O. The SMILES string of the molecule is CCC1CCCCC1NC(=O)c1cc(C)n(Cc2ccccn2)c1C. The molecule has 0 radical (unpaired) electrons. The molecule has 1 aliphatic rings. The third-order valence-electron chi connectivity index (χ3n) is 5.61. The number of nitrogens with zero attached hydrogens (tertiary/aromatic N) is 2. The van der Waals surface area contributed by atoms with Crippen molar-refractivity contribution < 1.29 is 4.79 Å². The van der Waals surface area contributed by atoms with Gasteiger partial charge in [0, 0.05) is 23.6 Å². The van der Waals surface area contributed by atoms with Gasteiger partial charge in [-0.2, -0.15) is 0 Å². The summed E-state index contributed by atoms with van der Waals surface area (Å²) in [5.74, 6) is 0.695. The maximum atomic E-state index is 12.9. The summed E-state index contributed by atoms with van der Waals surface area (Å²) < 4.78 is 2.18. The van der Waals surface area contributed by atoms with Crippen molar-refractivity contribution >= 4 is 5.91 Å². The average molecular weight is 339 g/mol. The summed E-state index contributed by atoms with van der Waals surface area (Å²) >= 11 is 0. The van der Waals surface area contributed by atoms with Crippen LogP contribution in [0.4, 0.5) is 0 Å². The lowest BCUT2D eigenvalue weighted by Gasteiger charge is -2.31. The number of rotatable bonds is 5. The highest BCUT2D eigenvalue weighted by Gasteiger charge is 2.26. The predicted octanol–water partition coefficient (Wildman–Crippen LogP) is 4.25. The van der Waals surface area contributed by atoms with Gasteiger partial charge in [-0.25, -0.2) is 0 Å². The zero-order valence-corrected chi connectivity index (χ0v) is 15.6. The Morgan fingerprint density at radius 2 is 2.08 bits per heavy atom. The first-order valence-corrected chi connectivity index (χ1v) is 9.47. The molecule has 2 unspecified atom stereocenters. The van der Waals surface area contributed by atoms with Crippen molar-refractivity contribution in [1.82, 2.24) is 14.9 Å². The lowest BCUT2D eigenvalue weighted by Crippen LogP contribution is -2.42. The van der Waals surface area contributed by atoms with Crippen molar-refractivity contribution in [2.24, 2.45) is 5.92 Å². The fourth-order valence-corrected chi connectivity index (χ4v) is 4.06. The third kappa shape index (κ3) is 3.94. The van der Waals surface area contributed by atoms with E-state index in [1.54, 1.807) is 0 Å². The highest BCUT2D eigenvalue weighted by atomic mass is 16.1. The molecule has 0 spiro atoms. The largest absolute Gasteiger partial charge is 0.349 e. The Bertz CT molecular complexity index is 720. The van der Waals surface area contributed by atoms with Crippen molar-refractivity contribution in [2.75, 3.05) is 0 Å². The van der Waals surface area contributed by atoms with Gasteiger partial charge >= 0.3 is 0 Å². The van der Waals surface area contributed by atoms with Crippen LogP contribution in [0.1, 0.15) is 66.5 Å². The molecule has 3 rings (SSSR count). The van der Waals surface area contributed by atoms with E-state index >= 15 is 0 Å². The van der Waals surface area contributed by atoms with E-state index < -0.39 is 0 Å². The molecule has 1 fully saturated rings. The second kappa shape index (κ2) is 7.85. The Morgan fingerprint density at radius 1 is 1.28 bits per heavy atom.